The van der Waals surface area contributed by atoms with E-state index < -0.39 is 36.6 Å². The molecule has 0 saturated heterocycles. The van der Waals surface area contributed by atoms with Crippen LogP contribution in [0.1, 0.15) is 38.1 Å². The number of nitrogens with zero attached hydrogens (tertiary/aromatic N) is 1. The highest BCUT2D eigenvalue weighted by Crippen LogP contribution is 2.36. The molecule has 11 heteroatoms. The van der Waals surface area contributed by atoms with Crippen molar-refractivity contribution in [3.05, 3.63) is 36.4 Å². The molecule has 1 N–H and O–H groups in total. The predicted octanol–water partition coefficient (Wildman–Crippen LogP) is 4.74. The smallest absolute Gasteiger partial charge is 0.318 e. The van der Waals surface area contributed by atoms with Crippen molar-refractivity contribution in [2.45, 2.75) is 45.8 Å². The molecule has 1 unspecified atom stereocenters. The number of ether oxygens (including phenoxy) is 1. The summed E-state index contributed by atoms with van der Waals surface area (Å²) in [7, 11) is -2.17. The predicted molar refractivity (Wildman–Crippen MR) is 122 cm³/mol. The van der Waals surface area contributed by atoms with E-state index in [1.165, 1.54) is 12.1 Å². The fourth-order valence-corrected chi connectivity index (χ4v) is 3.69. The molecule has 0 aliphatic rings. The van der Waals surface area contributed by atoms with Crippen LogP contribution >= 0.6 is 34.2 Å². The zero-order chi connectivity index (χ0) is 22.6. The number of esters is 1. The SMILES string of the molecule is CCOC(=O)C(CNO[Si](C)(C)C(C)(C)C)C(=O)c1cc(I)cc([N+](=O)[O-])c1Cl. The number of nitro benzene ring substituents is 1. The van der Waals surface area contributed by atoms with Gasteiger partial charge in [0.15, 0.2) is 5.78 Å². The van der Waals surface area contributed by atoms with Crippen LogP contribution in [-0.2, 0) is 14.1 Å². The molecule has 0 heterocycles. The molecule has 1 aromatic carbocycles. The van der Waals surface area contributed by atoms with Gasteiger partial charge >= 0.3 is 5.97 Å². The number of ketones is 1. The van der Waals surface area contributed by atoms with Crippen molar-refractivity contribution in [3.63, 3.8) is 0 Å². The van der Waals surface area contributed by atoms with Gasteiger partial charge in [0.05, 0.1) is 11.5 Å². The molecule has 8 nitrogen and oxygen atoms in total. The third-order valence-electron chi connectivity index (χ3n) is 4.79. The Labute approximate surface area is 190 Å². The molecule has 0 spiro atoms. The molecular formula is C18H26ClIN2O6Si. The van der Waals surface area contributed by atoms with Crippen LogP contribution in [0.25, 0.3) is 0 Å². The number of carbonyl (C=O) groups excluding carboxylic acids is 2. The lowest BCUT2D eigenvalue weighted by Gasteiger charge is -2.35. The average molecular weight is 557 g/mol. The summed E-state index contributed by atoms with van der Waals surface area (Å²) >= 11 is 7.95. The van der Waals surface area contributed by atoms with Gasteiger partial charge in [-0.1, -0.05) is 32.4 Å². The van der Waals surface area contributed by atoms with Gasteiger partial charge in [0, 0.05) is 21.7 Å². The van der Waals surface area contributed by atoms with Crippen molar-refractivity contribution in [2.24, 2.45) is 5.92 Å². The standard InChI is InChI=1S/C18H26ClIN2O6Si/c1-7-27-17(24)13(10-21-28-29(5,6)18(2,3)4)16(23)12-8-11(20)9-14(15(12)19)22(25)26/h8-9,13,21H,7,10H2,1-6H3. The first-order valence-corrected chi connectivity index (χ1v) is 13.3. The molecule has 0 fully saturated rings. The Morgan fingerprint density at radius 2 is 1.93 bits per heavy atom. The number of hydrogen-bond donors (Lipinski definition) is 1. The summed E-state index contributed by atoms with van der Waals surface area (Å²) in [5.41, 5.74) is 2.26. The summed E-state index contributed by atoms with van der Waals surface area (Å²) in [5.74, 6) is -2.67. The van der Waals surface area contributed by atoms with E-state index >= 15 is 0 Å². The number of hydroxylamine groups is 1. The van der Waals surface area contributed by atoms with Gasteiger partial charge < -0.3 is 9.26 Å². The van der Waals surface area contributed by atoms with Crippen molar-refractivity contribution >= 4 is 59.9 Å². The maximum atomic E-state index is 13.1. The topological polar surface area (TPSA) is 108 Å². The molecule has 29 heavy (non-hydrogen) atoms. The first-order chi connectivity index (χ1) is 13.2. The summed E-state index contributed by atoms with van der Waals surface area (Å²) in [6.07, 6.45) is 0. The maximum Gasteiger partial charge on any atom is 0.318 e. The largest absolute Gasteiger partial charge is 0.465 e. The molecular weight excluding hydrogens is 531 g/mol. The molecule has 1 atom stereocenters. The molecule has 0 bridgehead atoms. The molecule has 0 aliphatic heterocycles. The van der Waals surface area contributed by atoms with Crippen LogP contribution in [0.15, 0.2) is 12.1 Å². The van der Waals surface area contributed by atoms with Crippen LogP contribution in [0.3, 0.4) is 0 Å². The minimum absolute atomic E-state index is 0.0805. The monoisotopic (exact) mass is 556 g/mol. The summed E-state index contributed by atoms with van der Waals surface area (Å²) in [5, 5.41) is 10.8. The van der Waals surface area contributed by atoms with Gasteiger partial charge in [-0.15, -0.1) is 0 Å². The van der Waals surface area contributed by atoms with Crippen molar-refractivity contribution in [1.82, 2.24) is 5.48 Å². The first-order valence-electron chi connectivity index (χ1n) is 8.98. The van der Waals surface area contributed by atoms with Crippen LogP contribution < -0.4 is 5.48 Å². The number of halogens is 2. The maximum absolute atomic E-state index is 13.1. The van der Waals surface area contributed by atoms with Gasteiger partial charge in [-0.2, -0.15) is 0 Å². The fourth-order valence-electron chi connectivity index (χ4n) is 2.06. The number of nitrogens with one attached hydrogen (secondary N) is 1. The Hall–Kier alpha value is -1.08. The summed E-state index contributed by atoms with van der Waals surface area (Å²) < 4.78 is 11.3. The van der Waals surface area contributed by atoms with Crippen LogP contribution in [0.5, 0.6) is 0 Å². The lowest BCUT2D eigenvalue weighted by molar-refractivity contribution is -0.384. The minimum atomic E-state index is -2.17. The molecule has 1 rings (SSSR count). The van der Waals surface area contributed by atoms with Crippen molar-refractivity contribution in [2.75, 3.05) is 13.2 Å². The number of nitro groups is 1. The lowest BCUT2D eigenvalue weighted by atomic mass is 9.97. The van der Waals surface area contributed by atoms with Gasteiger partial charge in [-0.3, -0.25) is 19.7 Å². The number of hydrogen-bond acceptors (Lipinski definition) is 7. The molecule has 0 saturated carbocycles. The number of carbonyl (C=O) groups is 2. The van der Waals surface area contributed by atoms with Gasteiger partial charge in [-0.05, 0) is 53.7 Å². The van der Waals surface area contributed by atoms with E-state index in [9.17, 15) is 19.7 Å². The number of rotatable bonds is 9. The van der Waals surface area contributed by atoms with E-state index in [0.29, 0.717) is 3.57 Å². The Morgan fingerprint density at radius 3 is 2.41 bits per heavy atom. The van der Waals surface area contributed by atoms with Crippen LogP contribution in [0.2, 0.25) is 23.2 Å². The highest BCUT2D eigenvalue weighted by atomic mass is 127. The molecule has 0 amide bonds. The van der Waals surface area contributed by atoms with Gasteiger partial charge in [0.1, 0.15) is 10.9 Å². The highest BCUT2D eigenvalue weighted by Gasteiger charge is 2.39. The Balaban J connectivity index is 3.18. The normalized spacial score (nSPS) is 13.1. The molecule has 1 aromatic rings. The molecule has 0 radical (unpaired) electrons. The molecule has 0 aromatic heterocycles. The second-order valence-corrected chi connectivity index (χ2v) is 14.3. The van der Waals surface area contributed by atoms with E-state index in [1.54, 1.807) is 6.92 Å². The average Bonchev–Trinajstić information content (AvgIpc) is 2.58. The Kier molecular flexibility index (Phi) is 9.21. The van der Waals surface area contributed by atoms with Crippen molar-refractivity contribution < 1.29 is 23.8 Å². The third-order valence-corrected chi connectivity index (χ3v) is 10.1. The van der Waals surface area contributed by atoms with Crippen molar-refractivity contribution in [1.29, 1.82) is 0 Å². The minimum Gasteiger partial charge on any atom is -0.465 e. The van der Waals surface area contributed by atoms with Crippen LogP contribution in [-0.4, -0.2) is 38.1 Å². The zero-order valence-corrected chi connectivity index (χ0v) is 21.2. The first kappa shape index (κ1) is 26.0. The second kappa shape index (κ2) is 10.3. The number of Topliss-reactive ketones (excluding diaryl/α,β-unsaturated/α-hetero) is 1. The van der Waals surface area contributed by atoms with Gasteiger partial charge in [0.2, 0.25) is 8.32 Å². The zero-order valence-electron chi connectivity index (χ0n) is 17.3. The Morgan fingerprint density at radius 1 is 1.34 bits per heavy atom. The van der Waals surface area contributed by atoms with Crippen molar-refractivity contribution in [3.8, 4) is 0 Å². The van der Waals surface area contributed by atoms with E-state index in [2.05, 4.69) is 26.3 Å². The summed E-state index contributed by atoms with van der Waals surface area (Å²) in [6, 6.07) is 2.68. The van der Waals surface area contributed by atoms with E-state index in [4.69, 9.17) is 20.9 Å². The van der Waals surface area contributed by atoms with Gasteiger partial charge in [0.25, 0.3) is 5.69 Å². The van der Waals surface area contributed by atoms with E-state index in [0.717, 1.165) is 0 Å². The summed E-state index contributed by atoms with van der Waals surface area (Å²) in [6.45, 7) is 11.8. The second-order valence-electron chi connectivity index (χ2n) is 7.92. The third kappa shape index (κ3) is 6.71. The molecule has 162 valence electrons. The van der Waals surface area contributed by atoms with E-state index in [1.807, 2.05) is 35.7 Å². The number of benzene rings is 1. The van der Waals surface area contributed by atoms with Crippen LogP contribution in [0, 0.1) is 19.6 Å². The van der Waals surface area contributed by atoms with E-state index in [-0.39, 0.29) is 28.8 Å². The van der Waals surface area contributed by atoms with Gasteiger partial charge in [-0.25, -0.2) is 5.48 Å². The van der Waals surface area contributed by atoms with Crippen LogP contribution in [0.4, 0.5) is 5.69 Å². The fraction of sp³-hybridized carbons (Fsp3) is 0.556. The Bertz CT molecular complexity index is 797. The highest BCUT2D eigenvalue weighted by molar-refractivity contribution is 14.1. The molecule has 0 aliphatic carbocycles. The lowest BCUT2D eigenvalue weighted by Crippen LogP contribution is -2.47. The summed E-state index contributed by atoms with van der Waals surface area (Å²) in [4.78, 5) is 36.0. The quantitative estimate of drug-likeness (QED) is 0.0890.